The number of amides is 2. The molecule has 3 N–H and O–H groups in total. The van der Waals surface area contributed by atoms with Gasteiger partial charge in [0.1, 0.15) is 16.3 Å². The fourth-order valence-electron chi connectivity index (χ4n) is 3.58. The quantitative estimate of drug-likeness (QED) is 0.331. The Morgan fingerprint density at radius 1 is 1.22 bits per heavy atom. The molecule has 4 rings (SSSR count). The molecule has 0 bridgehead atoms. The minimum Gasteiger partial charge on any atom is -0.462 e. The highest BCUT2D eigenvalue weighted by Crippen LogP contribution is 2.34. The van der Waals surface area contributed by atoms with Gasteiger partial charge in [-0.25, -0.2) is 23.1 Å². The van der Waals surface area contributed by atoms with Gasteiger partial charge in [-0.3, -0.25) is 9.59 Å². The molecule has 4 aromatic rings. The lowest BCUT2D eigenvalue weighted by Gasteiger charge is -2.09. The molecule has 1 aromatic carbocycles. The summed E-state index contributed by atoms with van der Waals surface area (Å²) < 4.78 is 33.8. The second-order valence-electron chi connectivity index (χ2n) is 7.74. The highest BCUT2D eigenvalue weighted by atomic mass is 32.1. The van der Waals surface area contributed by atoms with Gasteiger partial charge in [0.15, 0.2) is 5.65 Å². The van der Waals surface area contributed by atoms with Crippen LogP contribution in [-0.2, 0) is 4.74 Å². The summed E-state index contributed by atoms with van der Waals surface area (Å²) >= 11 is 0.820. The lowest BCUT2D eigenvalue weighted by molar-refractivity contribution is 0.0506. The Kier molecular flexibility index (Phi) is 7.06. The van der Waals surface area contributed by atoms with Crippen molar-refractivity contribution in [3.8, 4) is 11.3 Å². The number of fused-ring (bicyclic) bond motifs is 1. The smallest absolute Gasteiger partial charge is 0.341 e. The molecule has 2 amide bonds. The minimum absolute atomic E-state index is 0.00160. The standard InChI is InChI=1S/C24H21F2N5O4S/c1-3-9-35-24(34)17-12(2)18(20(27)32)36-23(17)30-22(33)14-11-28-31-16(19(25)26)10-15(29-21(14)31)13-7-5-4-6-8-13/h4-8,10-11,19H,3,9H2,1-2H3,(H2,27,32)(H,30,33). The van der Waals surface area contributed by atoms with Crippen LogP contribution < -0.4 is 11.1 Å². The summed E-state index contributed by atoms with van der Waals surface area (Å²) in [6.07, 6.45) is -1.20. The number of carbonyl (C=O) groups excluding carboxylic acids is 3. The summed E-state index contributed by atoms with van der Waals surface area (Å²) in [5.74, 6) is -2.25. The van der Waals surface area contributed by atoms with Crippen LogP contribution in [0.3, 0.4) is 0 Å². The summed E-state index contributed by atoms with van der Waals surface area (Å²) in [6, 6.07) is 9.88. The number of hydrogen-bond acceptors (Lipinski definition) is 7. The van der Waals surface area contributed by atoms with Crippen molar-refractivity contribution in [2.24, 2.45) is 5.73 Å². The third kappa shape index (κ3) is 4.67. The molecule has 0 aliphatic rings. The monoisotopic (exact) mass is 513 g/mol. The van der Waals surface area contributed by atoms with Gasteiger partial charge in [-0.1, -0.05) is 37.3 Å². The van der Waals surface area contributed by atoms with Gasteiger partial charge in [0, 0.05) is 5.56 Å². The maximum Gasteiger partial charge on any atom is 0.341 e. The van der Waals surface area contributed by atoms with Crippen molar-refractivity contribution in [1.29, 1.82) is 0 Å². The fourth-order valence-corrected chi connectivity index (χ4v) is 4.62. The maximum absolute atomic E-state index is 13.8. The number of hydrogen-bond donors (Lipinski definition) is 2. The zero-order chi connectivity index (χ0) is 26.0. The number of esters is 1. The number of aromatic nitrogens is 3. The first-order chi connectivity index (χ1) is 17.2. The molecule has 0 spiro atoms. The number of halogens is 2. The van der Waals surface area contributed by atoms with E-state index < -0.39 is 29.9 Å². The Morgan fingerprint density at radius 3 is 2.58 bits per heavy atom. The van der Waals surface area contributed by atoms with E-state index in [0.717, 1.165) is 22.0 Å². The normalized spacial score (nSPS) is 11.1. The average Bonchev–Trinajstić information content (AvgIpc) is 3.43. The Labute approximate surface area is 207 Å². The SMILES string of the molecule is CCCOC(=O)c1c(NC(=O)c2cnn3c(C(F)F)cc(-c4ccccc4)nc23)sc(C(N)=O)c1C. The highest BCUT2D eigenvalue weighted by molar-refractivity contribution is 7.18. The van der Waals surface area contributed by atoms with Crippen LogP contribution >= 0.6 is 11.3 Å². The Hall–Kier alpha value is -4.19. The number of benzene rings is 1. The van der Waals surface area contributed by atoms with E-state index in [1.54, 1.807) is 30.3 Å². The molecular weight excluding hydrogens is 492 g/mol. The second kappa shape index (κ2) is 10.2. The number of alkyl halides is 2. The first-order valence-electron chi connectivity index (χ1n) is 10.9. The van der Waals surface area contributed by atoms with Crippen LogP contribution in [-0.4, -0.2) is 39.0 Å². The first kappa shape index (κ1) is 24.9. The molecule has 3 heterocycles. The Morgan fingerprint density at radius 2 is 1.94 bits per heavy atom. The van der Waals surface area contributed by atoms with E-state index in [9.17, 15) is 23.2 Å². The summed E-state index contributed by atoms with van der Waals surface area (Å²) in [5, 5.41) is 6.56. The van der Waals surface area contributed by atoms with Crippen LogP contribution in [0.5, 0.6) is 0 Å². The first-order valence-corrected chi connectivity index (χ1v) is 11.7. The van der Waals surface area contributed by atoms with Crippen molar-refractivity contribution in [2.75, 3.05) is 11.9 Å². The van der Waals surface area contributed by atoms with Crippen LogP contribution in [0.15, 0.2) is 42.6 Å². The zero-order valence-electron chi connectivity index (χ0n) is 19.2. The van der Waals surface area contributed by atoms with E-state index in [1.165, 1.54) is 13.0 Å². The lowest BCUT2D eigenvalue weighted by Crippen LogP contribution is -2.16. The number of anilines is 1. The third-order valence-electron chi connectivity index (χ3n) is 5.28. The molecule has 36 heavy (non-hydrogen) atoms. The van der Waals surface area contributed by atoms with Crippen LogP contribution in [0.25, 0.3) is 16.9 Å². The van der Waals surface area contributed by atoms with Gasteiger partial charge in [0.2, 0.25) is 0 Å². The van der Waals surface area contributed by atoms with Gasteiger partial charge in [-0.15, -0.1) is 11.3 Å². The highest BCUT2D eigenvalue weighted by Gasteiger charge is 2.28. The number of thiophene rings is 1. The number of nitrogens with zero attached hydrogens (tertiary/aromatic N) is 3. The Balaban J connectivity index is 1.78. The molecule has 0 radical (unpaired) electrons. The summed E-state index contributed by atoms with van der Waals surface area (Å²) in [4.78, 5) is 42.2. The summed E-state index contributed by atoms with van der Waals surface area (Å²) in [6.45, 7) is 3.48. The molecule has 186 valence electrons. The zero-order valence-corrected chi connectivity index (χ0v) is 20.1. The molecule has 3 aromatic heterocycles. The van der Waals surface area contributed by atoms with E-state index in [-0.39, 0.29) is 44.5 Å². The molecule has 0 aliphatic carbocycles. The lowest BCUT2D eigenvalue weighted by atomic mass is 10.1. The van der Waals surface area contributed by atoms with Crippen molar-refractivity contribution in [3.63, 3.8) is 0 Å². The van der Waals surface area contributed by atoms with E-state index in [2.05, 4.69) is 15.4 Å². The number of primary amides is 1. The molecule has 0 saturated carbocycles. The molecule has 9 nitrogen and oxygen atoms in total. The largest absolute Gasteiger partial charge is 0.462 e. The minimum atomic E-state index is -2.88. The van der Waals surface area contributed by atoms with Crippen molar-refractivity contribution in [3.05, 3.63) is 69.9 Å². The van der Waals surface area contributed by atoms with Gasteiger partial charge in [0.25, 0.3) is 18.2 Å². The molecular formula is C24H21F2N5O4S. The number of nitrogens with one attached hydrogen (secondary N) is 1. The Bertz CT molecular complexity index is 1470. The van der Waals surface area contributed by atoms with Gasteiger partial charge in [-0.2, -0.15) is 5.10 Å². The van der Waals surface area contributed by atoms with Crippen molar-refractivity contribution < 1.29 is 27.9 Å². The summed E-state index contributed by atoms with van der Waals surface area (Å²) in [5.41, 5.74) is 5.87. The van der Waals surface area contributed by atoms with Crippen LogP contribution in [0, 0.1) is 6.92 Å². The predicted octanol–water partition coefficient (Wildman–Crippen LogP) is 4.62. The van der Waals surface area contributed by atoms with Crippen LogP contribution in [0.2, 0.25) is 0 Å². The number of ether oxygens (including phenoxy) is 1. The van der Waals surface area contributed by atoms with Gasteiger partial charge in [0.05, 0.1) is 28.9 Å². The number of rotatable bonds is 8. The predicted molar refractivity (Wildman–Crippen MR) is 129 cm³/mol. The molecule has 0 atom stereocenters. The average molecular weight is 514 g/mol. The molecule has 0 saturated heterocycles. The van der Waals surface area contributed by atoms with E-state index in [0.29, 0.717) is 12.0 Å². The topological polar surface area (TPSA) is 129 Å². The maximum atomic E-state index is 13.8. The van der Waals surface area contributed by atoms with Crippen molar-refractivity contribution in [2.45, 2.75) is 26.7 Å². The molecule has 0 unspecified atom stereocenters. The van der Waals surface area contributed by atoms with Crippen LogP contribution in [0.1, 0.15) is 61.4 Å². The van der Waals surface area contributed by atoms with E-state index in [1.807, 2.05) is 6.92 Å². The van der Waals surface area contributed by atoms with E-state index >= 15 is 0 Å². The van der Waals surface area contributed by atoms with Gasteiger partial charge in [-0.05, 0) is 25.0 Å². The number of carbonyl (C=O) groups is 3. The fraction of sp³-hybridized carbons (Fsp3) is 0.208. The van der Waals surface area contributed by atoms with E-state index in [4.69, 9.17) is 10.5 Å². The van der Waals surface area contributed by atoms with Crippen LogP contribution in [0.4, 0.5) is 13.8 Å². The van der Waals surface area contributed by atoms with Gasteiger partial charge < -0.3 is 15.8 Å². The summed E-state index contributed by atoms with van der Waals surface area (Å²) in [7, 11) is 0. The second-order valence-corrected chi connectivity index (χ2v) is 8.76. The molecule has 0 fully saturated rings. The third-order valence-corrected chi connectivity index (χ3v) is 6.50. The molecule has 12 heteroatoms. The molecule has 0 aliphatic heterocycles. The van der Waals surface area contributed by atoms with Crippen molar-refractivity contribution >= 4 is 39.8 Å². The number of nitrogens with two attached hydrogens (primary N) is 1. The van der Waals surface area contributed by atoms with Crippen molar-refractivity contribution in [1.82, 2.24) is 14.6 Å². The van der Waals surface area contributed by atoms with Gasteiger partial charge >= 0.3 is 5.97 Å².